The van der Waals surface area contributed by atoms with Gasteiger partial charge in [0.1, 0.15) is 0 Å². The van der Waals surface area contributed by atoms with Crippen molar-refractivity contribution in [1.82, 2.24) is 4.57 Å². The summed E-state index contributed by atoms with van der Waals surface area (Å²) in [6.07, 6.45) is 3.65. The second kappa shape index (κ2) is 12.9. The van der Waals surface area contributed by atoms with Gasteiger partial charge in [-0.05, 0) is 65.0 Å². The molecule has 1 aliphatic heterocycles. The van der Waals surface area contributed by atoms with Crippen LogP contribution in [0.25, 0.3) is 11.8 Å². The van der Waals surface area contributed by atoms with Crippen molar-refractivity contribution in [2.45, 2.75) is 24.8 Å². The molecule has 214 valence electrons. The summed E-state index contributed by atoms with van der Waals surface area (Å²) >= 11 is 9.73. The molecular weight excluding hydrogens is 704 g/mol. The molecule has 1 aliphatic rings. The minimum absolute atomic E-state index is 0.170. The lowest BCUT2D eigenvalue weighted by Crippen LogP contribution is -2.40. The van der Waals surface area contributed by atoms with Gasteiger partial charge in [-0.3, -0.25) is 14.2 Å². The zero-order valence-electron chi connectivity index (χ0n) is 22.7. The highest BCUT2D eigenvalue weighted by molar-refractivity contribution is 9.11. The van der Waals surface area contributed by atoms with Crippen molar-refractivity contribution >= 4 is 78.7 Å². The Morgan fingerprint density at radius 1 is 1.10 bits per heavy atom. The van der Waals surface area contributed by atoms with E-state index in [2.05, 4.69) is 31.9 Å². The number of ether oxygens (including phenoxy) is 2. The van der Waals surface area contributed by atoms with E-state index in [4.69, 9.17) is 14.5 Å². The van der Waals surface area contributed by atoms with Gasteiger partial charge in [0.2, 0.25) is 0 Å². The summed E-state index contributed by atoms with van der Waals surface area (Å²) in [6, 6.07) is 19.9. The SMILES string of the molecule is CCOC(=O)C1=C(c2ccccc2)N=c2s/c(=C\c3cc(Br)cc(Br)c3OC(C)=O)c(=O)n2[C@@H]1c1ccc(SC)cc1. The molecule has 0 radical (unpaired) electrons. The molecule has 0 bridgehead atoms. The molecule has 0 spiro atoms. The molecule has 42 heavy (non-hydrogen) atoms. The lowest BCUT2D eigenvalue weighted by Gasteiger charge is -2.26. The molecule has 0 unspecified atom stereocenters. The maximum absolute atomic E-state index is 14.2. The fourth-order valence-electron chi connectivity index (χ4n) is 4.62. The Morgan fingerprint density at radius 3 is 2.45 bits per heavy atom. The molecule has 4 aromatic rings. The maximum Gasteiger partial charge on any atom is 0.338 e. The van der Waals surface area contributed by atoms with Crippen molar-refractivity contribution in [1.29, 1.82) is 0 Å². The summed E-state index contributed by atoms with van der Waals surface area (Å²) in [5.74, 6) is -0.742. The van der Waals surface area contributed by atoms with Crippen molar-refractivity contribution in [2.24, 2.45) is 4.99 Å². The normalized spacial score (nSPS) is 14.8. The number of fused-ring (bicyclic) bond motifs is 1. The van der Waals surface area contributed by atoms with E-state index in [9.17, 15) is 14.4 Å². The summed E-state index contributed by atoms with van der Waals surface area (Å²) in [5.41, 5.74) is 2.40. The Kier molecular flexibility index (Phi) is 9.32. The minimum atomic E-state index is -0.782. The Bertz CT molecular complexity index is 1900. The van der Waals surface area contributed by atoms with Crippen molar-refractivity contribution < 1.29 is 19.1 Å². The van der Waals surface area contributed by atoms with E-state index >= 15 is 0 Å². The van der Waals surface area contributed by atoms with Crippen molar-refractivity contribution in [3.63, 3.8) is 0 Å². The molecule has 7 nitrogen and oxygen atoms in total. The van der Waals surface area contributed by atoms with E-state index in [-0.39, 0.29) is 23.5 Å². The highest BCUT2D eigenvalue weighted by Gasteiger charge is 2.35. The van der Waals surface area contributed by atoms with E-state index in [1.807, 2.05) is 60.9 Å². The third-order valence-electron chi connectivity index (χ3n) is 6.37. The van der Waals surface area contributed by atoms with E-state index < -0.39 is 18.0 Å². The summed E-state index contributed by atoms with van der Waals surface area (Å²) < 4.78 is 14.2. The zero-order valence-corrected chi connectivity index (χ0v) is 27.5. The molecular formula is C31H24Br2N2O5S2. The van der Waals surface area contributed by atoms with Crippen LogP contribution in [-0.2, 0) is 14.3 Å². The van der Waals surface area contributed by atoms with Gasteiger partial charge in [0.15, 0.2) is 10.6 Å². The topological polar surface area (TPSA) is 87.0 Å². The highest BCUT2D eigenvalue weighted by atomic mass is 79.9. The fourth-order valence-corrected chi connectivity index (χ4v) is 7.36. The van der Waals surface area contributed by atoms with Crippen LogP contribution in [0.3, 0.4) is 0 Å². The number of hydrogen-bond acceptors (Lipinski definition) is 8. The number of benzene rings is 3. The lowest BCUT2D eigenvalue weighted by molar-refractivity contribution is -0.139. The van der Waals surface area contributed by atoms with Crippen LogP contribution in [0.5, 0.6) is 5.75 Å². The van der Waals surface area contributed by atoms with Gasteiger partial charge in [0, 0.05) is 27.4 Å². The van der Waals surface area contributed by atoms with Crippen LogP contribution in [0.15, 0.2) is 95.9 Å². The number of thioether (sulfide) groups is 1. The van der Waals surface area contributed by atoms with Gasteiger partial charge in [-0.15, -0.1) is 11.8 Å². The second-order valence-corrected chi connectivity index (χ2v) is 12.8. The van der Waals surface area contributed by atoms with Crippen molar-refractivity contribution in [3.05, 3.63) is 118 Å². The third-order valence-corrected chi connectivity index (χ3v) is 9.15. The summed E-state index contributed by atoms with van der Waals surface area (Å²) in [4.78, 5) is 46.0. The third kappa shape index (κ3) is 6.10. The van der Waals surface area contributed by atoms with E-state index in [0.717, 1.165) is 20.5 Å². The Balaban J connectivity index is 1.83. The lowest BCUT2D eigenvalue weighted by atomic mass is 9.93. The Morgan fingerprint density at radius 2 is 1.81 bits per heavy atom. The van der Waals surface area contributed by atoms with Gasteiger partial charge >= 0.3 is 11.9 Å². The number of hydrogen-bond donors (Lipinski definition) is 0. The van der Waals surface area contributed by atoms with Crippen molar-refractivity contribution in [2.75, 3.05) is 12.9 Å². The standard InChI is InChI=1S/C31H24Br2N2O5S2/c1-4-39-30(38)25-26(18-8-6-5-7-9-18)34-31-35(27(25)19-10-12-22(41-3)13-11-19)29(37)24(42-31)15-20-14-21(32)16-23(33)28(20)40-17(2)36/h5-16,27H,4H2,1-3H3/b24-15-/t27-/m1/s1. The molecule has 11 heteroatoms. The van der Waals surface area contributed by atoms with Gasteiger partial charge < -0.3 is 9.47 Å². The Labute approximate surface area is 266 Å². The zero-order chi connectivity index (χ0) is 30.0. The first-order valence-electron chi connectivity index (χ1n) is 12.8. The molecule has 0 saturated heterocycles. The van der Waals surface area contributed by atoms with Crippen LogP contribution in [-0.4, -0.2) is 29.4 Å². The van der Waals surface area contributed by atoms with Crippen LogP contribution < -0.4 is 19.6 Å². The molecule has 1 aromatic heterocycles. The summed E-state index contributed by atoms with van der Waals surface area (Å²) in [5, 5.41) is 0. The Hall–Kier alpha value is -3.25. The molecule has 3 aromatic carbocycles. The van der Waals surface area contributed by atoms with Crippen LogP contribution >= 0.6 is 55.0 Å². The maximum atomic E-state index is 14.2. The predicted molar refractivity (Wildman–Crippen MR) is 172 cm³/mol. The predicted octanol–water partition coefficient (Wildman–Crippen LogP) is 6.11. The molecule has 5 rings (SSSR count). The molecule has 0 saturated carbocycles. The molecule has 2 heterocycles. The quantitative estimate of drug-likeness (QED) is 0.130. The van der Waals surface area contributed by atoms with E-state index in [0.29, 0.717) is 25.1 Å². The van der Waals surface area contributed by atoms with Gasteiger partial charge in [0.25, 0.3) is 5.56 Å². The van der Waals surface area contributed by atoms with Gasteiger partial charge in [0.05, 0.1) is 32.9 Å². The number of rotatable bonds is 7. The number of halogens is 2. The van der Waals surface area contributed by atoms with E-state index in [1.54, 1.807) is 41.5 Å². The molecule has 0 N–H and O–H groups in total. The first-order valence-corrected chi connectivity index (χ1v) is 16.4. The first kappa shape index (κ1) is 30.2. The monoisotopic (exact) mass is 726 g/mol. The van der Waals surface area contributed by atoms with Gasteiger partial charge in [-0.2, -0.15) is 0 Å². The minimum Gasteiger partial charge on any atom is -0.463 e. The molecule has 1 atom stereocenters. The number of carbonyl (C=O) groups excluding carboxylic acids is 2. The number of carbonyl (C=O) groups is 2. The number of esters is 2. The highest BCUT2D eigenvalue weighted by Crippen LogP contribution is 2.36. The summed E-state index contributed by atoms with van der Waals surface area (Å²) in [6.45, 7) is 3.23. The molecule has 0 amide bonds. The summed E-state index contributed by atoms with van der Waals surface area (Å²) in [7, 11) is 0. The second-order valence-electron chi connectivity index (χ2n) is 9.10. The average molecular weight is 728 g/mol. The smallest absolute Gasteiger partial charge is 0.338 e. The molecule has 0 aliphatic carbocycles. The van der Waals surface area contributed by atoms with Crippen molar-refractivity contribution in [3.8, 4) is 5.75 Å². The molecule has 0 fully saturated rings. The van der Waals surface area contributed by atoms with Crippen LogP contribution in [0.1, 0.15) is 36.6 Å². The van der Waals surface area contributed by atoms with Crippen LogP contribution in [0.2, 0.25) is 0 Å². The van der Waals surface area contributed by atoms with Crippen LogP contribution in [0.4, 0.5) is 0 Å². The van der Waals surface area contributed by atoms with E-state index in [1.165, 1.54) is 18.3 Å². The number of nitrogens with zero attached hydrogens (tertiary/aromatic N) is 2. The van der Waals surface area contributed by atoms with Crippen LogP contribution in [0, 0.1) is 0 Å². The number of aromatic nitrogens is 1. The fraction of sp³-hybridized carbons (Fsp3) is 0.161. The van der Waals surface area contributed by atoms with Gasteiger partial charge in [-0.1, -0.05) is 69.7 Å². The number of thiazole rings is 1. The first-order chi connectivity index (χ1) is 20.2. The largest absolute Gasteiger partial charge is 0.463 e. The average Bonchev–Trinajstić information content (AvgIpc) is 3.28. The van der Waals surface area contributed by atoms with Gasteiger partial charge in [-0.25, -0.2) is 9.79 Å².